The molecule has 2 N–H and O–H groups in total. The average Bonchev–Trinajstić information content (AvgIpc) is 2.53. The summed E-state index contributed by atoms with van der Waals surface area (Å²) in [5.74, 6) is -9.90. The van der Waals surface area contributed by atoms with Crippen molar-refractivity contribution in [3.05, 3.63) is 70.8 Å². The zero-order valence-corrected chi connectivity index (χ0v) is 13.1. The van der Waals surface area contributed by atoms with E-state index in [9.17, 15) is 27.2 Å². The van der Waals surface area contributed by atoms with Gasteiger partial charge in [0.2, 0.25) is 5.91 Å². The summed E-state index contributed by atoms with van der Waals surface area (Å²) < 4.78 is 55.8. The Hall–Kier alpha value is -2.90. The highest BCUT2D eigenvalue weighted by molar-refractivity contribution is 5.93. The first kappa shape index (κ1) is 18.4. The Morgan fingerprint density at radius 2 is 1.64 bits per heavy atom. The molecule has 0 unspecified atom stereocenters. The maximum Gasteiger partial charge on any atom is 0.355 e. The van der Waals surface area contributed by atoms with Gasteiger partial charge in [-0.05, 0) is 29.8 Å². The molecule has 2 amide bonds. The topological polar surface area (TPSA) is 63.4 Å². The van der Waals surface area contributed by atoms with Gasteiger partial charge in [-0.15, -0.1) is 0 Å². The molecule has 0 saturated carbocycles. The third kappa shape index (κ3) is 3.78. The van der Waals surface area contributed by atoms with Crippen molar-refractivity contribution in [3.8, 4) is 0 Å². The minimum atomic E-state index is -4.38. The molecular weight excluding hydrogens is 340 g/mol. The van der Waals surface area contributed by atoms with Gasteiger partial charge < -0.3 is 10.6 Å². The van der Waals surface area contributed by atoms with Crippen LogP contribution in [0.15, 0.2) is 42.5 Å². The maximum absolute atomic E-state index is 14.3. The lowest BCUT2D eigenvalue weighted by Gasteiger charge is -2.24. The highest BCUT2D eigenvalue weighted by Crippen LogP contribution is 2.34. The minimum Gasteiger partial charge on any atom is -0.366 e. The lowest BCUT2D eigenvalue weighted by molar-refractivity contribution is -0.159. The third-order valence-corrected chi connectivity index (χ3v) is 3.52. The number of hydrogen-bond acceptors (Lipinski definition) is 2. The van der Waals surface area contributed by atoms with Crippen molar-refractivity contribution in [2.24, 2.45) is 5.73 Å². The van der Waals surface area contributed by atoms with Crippen LogP contribution >= 0.6 is 0 Å². The number of carbonyl (C=O) groups is 2. The molecule has 8 heteroatoms. The van der Waals surface area contributed by atoms with Crippen LogP contribution in [-0.2, 0) is 17.3 Å². The lowest BCUT2D eigenvalue weighted by atomic mass is 10.0. The predicted molar refractivity (Wildman–Crippen MR) is 81.7 cm³/mol. The summed E-state index contributed by atoms with van der Waals surface area (Å²) in [7, 11) is 1.06. The Balaban J connectivity index is 2.27. The minimum absolute atomic E-state index is 0.144. The van der Waals surface area contributed by atoms with Crippen LogP contribution in [-0.4, -0.2) is 23.8 Å². The second-order valence-electron chi connectivity index (χ2n) is 5.40. The molecule has 0 aliphatic carbocycles. The largest absolute Gasteiger partial charge is 0.366 e. The second-order valence-corrected chi connectivity index (χ2v) is 5.40. The molecule has 0 aliphatic rings. The van der Waals surface area contributed by atoms with E-state index in [1.54, 1.807) is 0 Å². The first-order valence-corrected chi connectivity index (χ1v) is 7.11. The summed E-state index contributed by atoms with van der Waals surface area (Å²) >= 11 is 0. The number of halogens is 4. The second kappa shape index (κ2) is 6.92. The van der Waals surface area contributed by atoms with Gasteiger partial charge in [0, 0.05) is 19.2 Å². The predicted octanol–water partition coefficient (Wildman–Crippen LogP) is 2.81. The van der Waals surface area contributed by atoms with Crippen molar-refractivity contribution in [1.29, 1.82) is 0 Å². The van der Waals surface area contributed by atoms with E-state index in [2.05, 4.69) is 0 Å². The zero-order valence-electron chi connectivity index (χ0n) is 13.1. The Labute approximate surface area is 140 Å². The smallest absolute Gasteiger partial charge is 0.355 e. The number of carbonyl (C=O) groups excluding carboxylic acids is 2. The van der Waals surface area contributed by atoms with Crippen LogP contribution in [0.2, 0.25) is 0 Å². The number of likely N-dealkylation sites (N-methyl/N-ethyl adjacent to an activating group) is 1. The molecule has 0 aliphatic heterocycles. The first-order chi connectivity index (χ1) is 11.6. The Morgan fingerprint density at radius 1 is 1.08 bits per heavy atom. The highest BCUT2D eigenvalue weighted by Gasteiger charge is 2.47. The number of rotatable bonds is 5. The van der Waals surface area contributed by atoms with Gasteiger partial charge in [0.25, 0.3) is 5.91 Å². The van der Waals surface area contributed by atoms with Gasteiger partial charge in [-0.3, -0.25) is 9.59 Å². The molecule has 0 bridgehead atoms. The summed E-state index contributed by atoms with van der Waals surface area (Å²) in [4.78, 5) is 23.8. The molecule has 0 radical (unpaired) electrons. The van der Waals surface area contributed by atoms with Crippen LogP contribution in [0.25, 0.3) is 0 Å². The molecule has 2 aromatic rings. The normalized spacial score (nSPS) is 11.2. The molecule has 4 nitrogen and oxygen atoms in total. The molecule has 0 aromatic heterocycles. The van der Waals surface area contributed by atoms with Gasteiger partial charge in [0.1, 0.15) is 17.2 Å². The summed E-state index contributed by atoms with van der Waals surface area (Å²) in [5.41, 5.74) is 4.03. The zero-order chi connectivity index (χ0) is 18.8. The summed E-state index contributed by atoms with van der Waals surface area (Å²) in [6, 6.07) is 7.96. The fourth-order valence-corrected chi connectivity index (χ4v) is 2.31. The van der Waals surface area contributed by atoms with E-state index in [-0.39, 0.29) is 12.1 Å². The SMILES string of the molecule is CN(Cc1cccc(C(N)=O)c1)C(=O)C(F)(F)c1c(F)cccc1F. The monoisotopic (exact) mass is 354 g/mol. The standard InChI is InChI=1S/C17H14F4N2O2/c1-23(9-10-4-2-5-11(8-10)15(22)24)16(25)17(20,21)14-12(18)6-3-7-13(14)19/h2-8H,9H2,1H3,(H2,22,24). The van der Waals surface area contributed by atoms with Crippen molar-refractivity contribution in [1.82, 2.24) is 4.90 Å². The molecule has 2 rings (SSSR count). The van der Waals surface area contributed by atoms with Crippen LogP contribution in [0.1, 0.15) is 21.5 Å². The fourth-order valence-electron chi connectivity index (χ4n) is 2.31. The van der Waals surface area contributed by atoms with Crippen molar-refractivity contribution >= 4 is 11.8 Å². The van der Waals surface area contributed by atoms with Crippen molar-refractivity contribution in [2.45, 2.75) is 12.5 Å². The highest BCUT2D eigenvalue weighted by atomic mass is 19.3. The van der Waals surface area contributed by atoms with Gasteiger partial charge in [-0.1, -0.05) is 18.2 Å². The summed E-state index contributed by atoms with van der Waals surface area (Å²) in [6.07, 6.45) is 0. The Bertz CT molecular complexity index is 804. The van der Waals surface area contributed by atoms with Crippen LogP contribution in [0, 0.1) is 11.6 Å². The number of hydrogen-bond donors (Lipinski definition) is 1. The first-order valence-electron chi connectivity index (χ1n) is 7.11. The van der Waals surface area contributed by atoms with Crippen molar-refractivity contribution in [3.63, 3.8) is 0 Å². The third-order valence-electron chi connectivity index (χ3n) is 3.52. The van der Waals surface area contributed by atoms with Gasteiger partial charge in [0.15, 0.2) is 0 Å². The van der Waals surface area contributed by atoms with E-state index in [0.717, 1.165) is 13.1 Å². The van der Waals surface area contributed by atoms with Crippen LogP contribution in [0.5, 0.6) is 0 Å². The molecule has 25 heavy (non-hydrogen) atoms. The van der Waals surface area contributed by atoms with E-state index in [0.29, 0.717) is 22.6 Å². The summed E-state index contributed by atoms with van der Waals surface area (Å²) in [6.45, 7) is -0.300. The van der Waals surface area contributed by atoms with Crippen LogP contribution in [0.3, 0.4) is 0 Å². The number of alkyl halides is 2. The Morgan fingerprint density at radius 3 is 2.20 bits per heavy atom. The maximum atomic E-state index is 14.3. The number of nitrogens with zero attached hydrogens (tertiary/aromatic N) is 1. The molecular formula is C17H14F4N2O2. The van der Waals surface area contributed by atoms with Crippen LogP contribution < -0.4 is 5.73 Å². The molecule has 0 spiro atoms. The molecule has 0 atom stereocenters. The molecule has 0 saturated heterocycles. The number of nitrogens with two attached hydrogens (primary N) is 1. The molecule has 0 heterocycles. The van der Waals surface area contributed by atoms with Crippen molar-refractivity contribution in [2.75, 3.05) is 7.05 Å². The van der Waals surface area contributed by atoms with Gasteiger partial charge >= 0.3 is 5.92 Å². The number of primary amides is 1. The van der Waals surface area contributed by atoms with Crippen molar-refractivity contribution < 1.29 is 27.2 Å². The van der Waals surface area contributed by atoms with E-state index in [1.165, 1.54) is 24.3 Å². The fraction of sp³-hybridized carbons (Fsp3) is 0.176. The quantitative estimate of drug-likeness (QED) is 0.840. The van der Waals surface area contributed by atoms with Gasteiger partial charge in [-0.25, -0.2) is 8.78 Å². The van der Waals surface area contributed by atoms with E-state index in [4.69, 9.17) is 5.73 Å². The van der Waals surface area contributed by atoms with Gasteiger partial charge in [-0.2, -0.15) is 8.78 Å². The van der Waals surface area contributed by atoms with E-state index in [1.807, 2.05) is 0 Å². The average molecular weight is 354 g/mol. The Kier molecular flexibility index (Phi) is 5.10. The summed E-state index contributed by atoms with van der Waals surface area (Å²) in [5, 5.41) is 0. The van der Waals surface area contributed by atoms with E-state index >= 15 is 0 Å². The number of benzene rings is 2. The molecule has 2 aromatic carbocycles. The molecule has 132 valence electrons. The van der Waals surface area contributed by atoms with Crippen LogP contribution in [0.4, 0.5) is 17.6 Å². The van der Waals surface area contributed by atoms with E-state index < -0.39 is 34.9 Å². The van der Waals surface area contributed by atoms with Gasteiger partial charge in [0.05, 0.1) is 0 Å². The molecule has 0 fully saturated rings. The lowest BCUT2D eigenvalue weighted by Crippen LogP contribution is -2.40. The number of amides is 2.